The molecule has 0 aromatic heterocycles. The minimum Gasteiger partial charge on any atom is -0.412 e. The normalized spacial score (nSPS) is 11.0. The summed E-state index contributed by atoms with van der Waals surface area (Å²) in [7, 11) is -4.11. The molecule has 0 aliphatic heterocycles. The highest BCUT2D eigenvalue weighted by atomic mass is 31.2. The van der Waals surface area contributed by atoms with Crippen LogP contribution in [0, 0.1) is 41.5 Å². The van der Waals surface area contributed by atoms with E-state index in [1.165, 1.54) is 0 Å². The fourth-order valence-corrected chi connectivity index (χ4v) is 6.89. The lowest BCUT2D eigenvalue weighted by Crippen LogP contribution is -2.23. The van der Waals surface area contributed by atoms with Gasteiger partial charge in [0.25, 0.3) is 0 Å². The van der Waals surface area contributed by atoms with Crippen LogP contribution in [0.5, 0.6) is 0 Å². The zero-order valence-electron chi connectivity index (χ0n) is 18.9. The number of hydrogen-bond acceptors (Lipinski definition) is 3. The minimum atomic E-state index is -4.11. The summed E-state index contributed by atoms with van der Waals surface area (Å²) in [6.07, 6.45) is 0. The highest BCUT2D eigenvalue weighted by Crippen LogP contribution is 2.52. The monoisotopic (exact) mass is 436 g/mol. The van der Waals surface area contributed by atoms with Crippen molar-refractivity contribution in [1.29, 1.82) is 0 Å². The first kappa shape index (κ1) is 24.5. The van der Waals surface area contributed by atoms with Gasteiger partial charge >= 0.3 is 0 Å². The highest BCUT2D eigenvalue weighted by Gasteiger charge is 2.44. The number of rotatable bonds is 5. The molecular weight excluding hydrogens is 407 g/mol. The van der Waals surface area contributed by atoms with Gasteiger partial charge in [-0.2, -0.15) is 0 Å². The predicted molar refractivity (Wildman–Crippen MR) is 127 cm³/mol. The number of benzene rings is 3. The second kappa shape index (κ2) is 9.13. The molecule has 0 saturated carbocycles. The van der Waals surface area contributed by atoms with Gasteiger partial charge in [-0.05, 0) is 63.8 Å². The molecule has 3 rings (SSSR count). The Kier molecular flexibility index (Phi) is 7.21. The van der Waals surface area contributed by atoms with E-state index in [-0.39, 0.29) is 10.8 Å². The Morgan fingerprint density at radius 1 is 0.613 bits per heavy atom. The van der Waals surface area contributed by atoms with Crippen LogP contribution in [0.15, 0.2) is 54.6 Å². The maximum Gasteiger partial charge on any atom is 0.248 e. The van der Waals surface area contributed by atoms with Crippen molar-refractivity contribution in [3.05, 3.63) is 99.1 Å². The second-order valence-corrected chi connectivity index (χ2v) is 10.6. The Morgan fingerprint density at radius 2 is 0.935 bits per heavy atom. The standard InChI is InChI=1S/C26H27O3P.H2O/c1-16-12-18(3)23(19(4)13-16)25(27)30(29,22-10-8-7-9-11-22)26(28)24-20(5)14-17(2)15-21(24)6;/h7-15H,1-6H3;1H2. The third-order valence-corrected chi connectivity index (χ3v) is 8.09. The zero-order chi connectivity index (χ0) is 22.2. The van der Waals surface area contributed by atoms with Crippen LogP contribution in [-0.2, 0) is 4.57 Å². The molecule has 0 saturated heterocycles. The van der Waals surface area contributed by atoms with Crippen LogP contribution in [0.3, 0.4) is 0 Å². The molecule has 0 bridgehead atoms. The minimum absolute atomic E-state index is 0. The molecule has 3 aromatic carbocycles. The molecule has 3 aromatic rings. The Labute approximate surface area is 184 Å². The molecule has 162 valence electrons. The lowest BCUT2D eigenvalue weighted by molar-refractivity contribution is 0.104. The first-order chi connectivity index (χ1) is 14.1. The van der Waals surface area contributed by atoms with Crippen LogP contribution < -0.4 is 5.30 Å². The third kappa shape index (κ3) is 4.32. The van der Waals surface area contributed by atoms with Gasteiger partial charge in [-0.25, -0.2) is 0 Å². The topological polar surface area (TPSA) is 82.7 Å². The van der Waals surface area contributed by atoms with Crippen LogP contribution in [0.25, 0.3) is 0 Å². The van der Waals surface area contributed by atoms with Crippen LogP contribution in [0.2, 0.25) is 0 Å². The molecule has 4 nitrogen and oxygen atoms in total. The van der Waals surface area contributed by atoms with Gasteiger partial charge in [0.15, 0.2) is 0 Å². The van der Waals surface area contributed by atoms with Gasteiger partial charge in [0, 0.05) is 16.4 Å². The van der Waals surface area contributed by atoms with E-state index in [9.17, 15) is 14.2 Å². The van der Waals surface area contributed by atoms with Crippen LogP contribution >= 0.6 is 7.14 Å². The van der Waals surface area contributed by atoms with E-state index in [0.717, 1.165) is 33.4 Å². The quantitative estimate of drug-likeness (QED) is 0.503. The average molecular weight is 436 g/mol. The largest absolute Gasteiger partial charge is 0.412 e. The molecule has 0 fully saturated rings. The van der Waals surface area contributed by atoms with Crippen molar-refractivity contribution in [2.45, 2.75) is 41.5 Å². The van der Waals surface area contributed by atoms with E-state index in [1.807, 2.05) is 65.8 Å². The van der Waals surface area contributed by atoms with Crippen molar-refractivity contribution >= 4 is 23.5 Å². The fourth-order valence-electron chi connectivity index (χ4n) is 4.31. The van der Waals surface area contributed by atoms with E-state index in [4.69, 9.17) is 0 Å². The van der Waals surface area contributed by atoms with Gasteiger partial charge in [-0.15, -0.1) is 0 Å². The van der Waals surface area contributed by atoms with Gasteiger partial charge in [0.1, 0.15) is 0 Å². The summed E-state index contributed by atoms with van der Waals surface area (Å²) < 4.78 is 14.5. The smallest absolute Gasteiger partial charge is 0.248 e. The Morgan fingerprint density at radius 3 is 1.26 bits per heavy atom. The van der Waals surface area contributed by atoms with Crippen molar-refractivity contribution in [1.82, 2.24) is 0 Å². The molecule has 0 heterocycles. The van der Waals surface area contributed by atoms with E-state index in [0.29, 0.717) is 11.1 Å². The van der Waals surface area contributed by atoms with Crippen LogP contribution in [0.4, 0.5) is 0 Å². The molecule has 0 amide bonds. The van der Waals surface area contributed by atoms with Crippen molar-refractivity contribution in [2.24, 2.45) is 0 Å². The van der Waals surface area contributed by atoms with E-state index < -0.39 is 18.2 Å². The first-order valence-electron chi connectivity index (χ1n) is 9.98. The molecular formula is C26H29O4P. The van der Waals surface area contributed by atoms with Crippen LogP contribution in [0.1, 0.15) is 54.1 Å². The van der Waals surface area contributed by atoms with Crippen molar-refractivity contribution in [3.8, 4) is 0 Å². The van der Waals surface area contributed by atoms with Crippen molar-refractivity contribution in [2.75, 3.05) is 0 Å². The molecule has 0 aliphatic carbocycles. The molecule has 31 heavy (non-hydrogen) atoms. The van der Waals surface area contributed by atoms with E-state index >= 15 is 0 Å². The van der Waals surface area contributed by atoms with Gasteiger partial charge in [0.05, 0.1) is 0 Å². The maximum atomic E-state index is 14.5. The molecule has 0 spiro atoms. The van der Waals surface area contributed by atoms with Gasteiger partial charge < -0.3 is 10.0 Å². The summed E-state index contributed by atoms with van der Waals surface area (Å²) in [5, 5.41) is 0.277. The number of hydrogen-bond donors (Lipinski definition) is 0. The molecule has 0 unspecified atom stereocenters. The predicted octanol–water partition coefficient (Wildman–Crippen LogP) is 5.38. The molecule has 5 heteroatoms. The van der Waals surface area contributed by atoms with Gasteiger partial charge in [-0.3, -0.25) is 9.59 Å². The second-order valence-electron chi connectivity index (χ2n) is 8.10. The van der Waals surface area contributed by atoms with E-state index in [2.05, 4.69) is 0 Å². The lowest BCUT2D eigenvalue weighted by atomic mass is 10.0. The van der Waals surface area contributed by atoms with Crippen molar-refractivity contribution in [3.63, 3.8) is 0 Å². The summed E-state index contributed by atoms with van der Waals surface area (Å²) >= 11 is 0. The maximum absolute atomic E-state index is 14.5. The van der Waals surface area contributed by atoms with Crippen molar-refractivity contribution < 1.29 is 19.6 Å². The third-order valence-electron chi connectivity index (χ3n) is 5.47. The SMILES string of the molecule is Cc1cc(C)c(C(=O)P(=O)(C(=O)c2c(C)cc(C)cc2C)c2ccccc2)c(C)c1.O. The summed E-state index contributed by atoms with van der Waals surface area (Å²) in [4.78, 5) is 27.7. The Balaban J connectivity index is 0.00000341. The number of carbonyl (C=O) groups is 2. The summed E-state index contributed by atoms with van der Waals surface area (Å²) in [6, 6.07) is 16.0. The number of aryl methyl sites for hydroxylation is 6. The summed E-state index contributed by atoms with van der Waals surface area (Å²) in [5.74, 6) is 0. The first-order valence-corrected chi connectivity index (χ1v) is 11.7. The van der Waals surface area contributed by atoms with Gasteiger partial charge in [0.2, 0.25) is 18.2 Å². The van der Waals surface area contributed by atoms with Gasteiger partial charge in [-0.1, -0.05) is 65.7 Å². The van der Waals surface area contributed by atoms with E-state index in [1.54, 1.807) is 30.3 Å². The molecule has 0 atom stereocenters. The zero-order valence-corrected chi connectivity index (χ0v) is 19.8. The average Bonchev–Trinajstić information content (AvgIpc) is 2.66. The Hall–Kier alpha value is -2.81. The molecule has 0 radical (unpaired) electrons. The molecule has 0 aliphatic rings. The Bertz CT molecular complexity index is 1090. The number of carbonyl (C=O) groups excluding carboxylic acids is 2. The fraction of sp³-hybridized carbons (Fsp3) is 0.231. The van der Waals surface area contributed by atoms with Crippen LogP contribution in [-0.4, -0.2) is 16.5 Å². The molecule has 2 N–H and O–H groups in total. The highest BCUT2D eigenvalue weighted by molar-refractivity contribution is 8.01. The lowest BCUT2D eigenvalue weighted by Gasteiger charge is -2.21. The summed E-state index contributed by atoms with van der Waals surface area (Å²) in [6.45, 7) is 11.2. The summed E-state index contributed by atoms with van der Waals surface area (Å²) in [5.41, 5.74) is 4.56.